The fraction of sp³-hybridized carbons (Fsp3) is 0.176. The Kier molecular flexibility index (Phi) is 6.30. The Bertz CT molecular complexity index is 852. The Morgan fingerprint density at radius 2 is 1.96 bits per heavy atom. The Morgan fingerprint density at radius 3 is 2.52 bits per heavy atom. The molecule has 0 saturated carbocycles. The van der Waals surface area contributed by atoms with E-state index in [0.29, 0.717) is 29.7 Å². The van der Waals surface area contributed by atoms with Crippen LogP contribution in [-0.2, 0) is 16.6 Å². The molecule has 0 amide bonds. The first-order chi connectivity index (χ1) is 11.8. The van der Waals surface area contributed by atoms with Gasteiger partial charge in [0.1, 0.15) is 6.61 Å². The highest BCUT2D eigenvalue weighted by molar-refractivity contribution is 7.89. The first kappa shape index (κ1) is 19.1. The number of halogens is 1. The van der Waals surface area contributed by atoms with Gasteiger partial charge in [0.15, 0.2) is 11.5 Å². The largest absolute Gasteiger partial charge is 0.493 e. The summed E-state index contributed by atoms with van der Waals surface area (Å²) in [6.07, 6.45) is 1.62. The molecule has 134 valence electrons. The maximum atomic E-state index is 11.2. The second kappa shape index (κ2) is 8.24. The molecule has 25 heavy (non-hydrogen) atoms. The van der Waals surface area contributed by atoms with Crippen molar-refractivity contribution in [3.63, 3.8) is 0 Å². The van der Waals surface area contributed by atoms with E-state index in [1.807, 2.05) is 6.07 Å². The predicted octanol–water partition coefficient (Wildman–Crippen LogP) is 3.17. The van der Waals surface area contributed by atoms with Gasteiger partial charge in [-0.05, 0) is 42.0 Å². The highest BCUT2D eigenvalue weighted by atomic mass is 35.5. The molecule has 0 aliphatic rings. The van der Waals surface area contributed by atoms with Crippen LogP contribution in [0.5, 0.6) is 11.5 Å². The number of rotatable bonds is 8. The summed E-state index contributed by atoms with van der Waals surface area (Å²) in [7, 11) is -2.16. The zero-order valence-electron chi connectivity index (χ0n) is 13.7. The SMILES string of the molecule is C=CCOc1c(Cl)cc(CNc2ccc(S(N)(=O)=O)cc2)cc1OC. The number of ether oxygens (including phenoxy) is 2. The van der Waals surface area contributed by atoms with Crippen LogP contribution in [0.2, 0.25) is 5.02 Å². The highest BCUT2D eigenvalue weighted by Crippen LogP contribution is 2.36. The summed E-state index contributed by atoms with van der Waals surface area (Å²) in [6, 6.07) is 9.75. The van der Waals surface area contributed by atoms with E-state index in [9.17, 15) is 8.42 Å². The number of hydrogen-bond acceptors (Lipinski definition) is 5. The molecule has 0 aliphatic carbocycles. The third kappa shape index (κ3) is 5.12. The molecular formula is C17H19ClN2O4S. The average molecular weight is 383 g/mol. The Labute approximate surface area is 152 Å². The normalized spacial score (nSPS) is 11.0. The van der Waals surface area contributed by atoms with E-state index in [1.54, 1.807) is 24.3 Å². The molecule has 2 aromatic rings. The minimum absolute atomic E-state index is 0.0616. The number of hydrogen-bond donors (Lipinski definition) is 2. The number of sulfonamides is 1. The fourth-order valence-electron chi connectivity index (χ4n) is 2.12. The van der Waals surface area contributed by atoms with Gasteiger partial charge < -0.3 is 14.8 Å². The molecule has 0 radical (unpaired) electrons. The molecule has 3 N–H and O–H groups in total. The number of nitrogens with two attached hydrogens (primary N) is 1. The second-order valence-electron chi connectivity index (χ2n) is 5.13. The van der Waals surface area contributed by atoms with Gasteiger partial charge in [-0.1, -0.05) is 24.3 Å². The van der Waals surface area contributed by atoms with Gasteiger partial charge in [-0.15, -0.1) is 0 Å². The summed E-state index contributed by atoms with van der Waals surface area (Å²) < 4.78 is 33.3. The Morgan fingerprint density at radius 1 is 1.28 bits per heavy atom. The first-order valence-corrected chi connectivity index (χ1v) is 9.24. The summed E-state index contributed by atoms with van der Waals surface area (Å²) in [6.45, 7) is 4.39. The van der Waals surface area contributed by atoms with Crippen LogP contribution < -0.4 is 19.9 Å². The van der Waals surface area contributed by atoms with E-state index in [2.05, 4.69) is 11.9 Å². The number of methoxy groups -OCH3 is 1. The molecule has 0 saturated heterocycles. The van der Waals surface area contributed by atoms with Crippen molar-refractivity contribution in [1.82, 2.24) is 0 Å². The summed E-state index contributed by atoms with van der Waals surface area (Å²) in [5, 5.41) is 8.68. The van der Waals surface area contributed by atoms with Crippen molar-refractivity contribution in [2.45, 2.75) is 11.4 Å². The van der Waals surface area contributed by atoms with Crippen molar-refractivity contribution in [2.24, 2.45) is 5.14 Å². The number of nitrogens with one attached hydrogen (secondary N) is 1. The third-order valence-corrected chi connectivity index (χ3v) is 4.52. The fourth-order valence-corrected chi connectivity index (χ4v) is 2.93. The van der Waals surface area contributed by atoms with Crippen LogP contribution in [0, 0.1) is 0 Å². The minimum atomic E-state index is -3.70. The van der Waals surface area contributed by atoms with Crippen LogP contribution in [-0.4, -0.2) is 22.1 Å². The first-order valence-electron chi connectivity index (χ1n) is 7.32. The van der Waals surface area contributed by atoms with Crippen molar-refractivity contribution >= 4 is 27.3 Å². The monoisotopic (exact) mass is 382 g/mol. The van der Waals surface area contributed by atoms with Crippen LogP contribution in [0.15, 0.2) is 53.9 Å². The maximum absolute atomic E-state index is 11.2. The standard InChI is InChI=1S/C17H19ClN2O4S/c1-3-8-24-17-15(18)9-12(10-16(17)23-2)11-20-13-4-6-14(7-5-13)25(19,21)22/h3-7,9-10,20H,1,8,11H2,2H3,(H2,19,21,22). The molecule has 0 aliphatic heterocycles. The Hall–Kier alpha value is -2.22. The summed E-state index contributed by atoms with van der Waals surface area (Å²) in [4.78, 5) is 0.0616. The molecule has 8 heteroatoms. The van der Waals surface area contributed by atoms with E-state index in [1.165, 1.54) is 19.2 Å². The summed E-state index contributed by atoms with van der Waals surface area (Å²) in [5.74, 6) is 0.987. The van der Waals surface area contributed by atoms with Gasteiger partial charge in [-0.2, -0.15) is 0 Å². The molecule has 0 spiro atoms. The average Bonchev–Trinajstić information content (AvgIpc) is 2.58. The molecule has 0 atom stereocenters. The van der Waals surface area contributed by atoms with Gasteiger partial charge in [0, 0.05) is 12.2 Å². The van der Waals surface area contributed by atoms with E-state index in [-0.39, 0.29) is 4.90 Å². The van der Waals surface area contributed by atoms with Gasteiger partial charge in [0.2, 0.25) is 10.0 Å². The lowest BCUT2D eigenvalue weighted by Crippen LogP contribution is -2.12. The molecule has 0 heterocycles. The van der Waals surface area contributed by atoms with E-state index < -0.39 is 10.0 Å². The molecule has 0 aromatic heterocycles. The zero-order valence-corrected chi connectivity index (χ0v) is 15.2. The predicted molar refractivity (Wildman–Crippen MR) is 98.8 cm³/mol. The van der Waals surface area contributed by atoms with Crippen molar-refractivity contribution in [3.8, 4) is 11.5 Å². The topological polar surface area (TPSA) is 90.6 Å². The third-order valence-electron chi connectivity index (χ3n) is 3.31. The van der Waals surface area contributed by atoms with Gasteiger partial charge >= 0.3 is 0 Å². The van der Waals surface area contributed by atoms with Crippen molar-refractivity contribution in [1.29, 1.82) is 0 Å². The summed E-state index contributed by atoms with van der Waals surface area (Å²) in [5.41, 5.74) is 1.62. The smallest absolute Gasteiger partial charge is 0.238 e. The van der Waals surface area contributed by atoms with Crippen LogP contribution >= 0.6 is 11.6 Å². The molecule has 0 unspecified atom stereocenters. The van der Waals surface area contributed by atoms with Gasteiger partial charge in [0.05, 0.1) is 17.0 Å². The van der Waals surface area contributed by atoms with Gasteiger partial charge in [0.25, 0.3) is 0 Å². The maximum Gasteiger partial charge on any atom is 0.238 e. The number of anilines is 1. The highest BCUT2D eigenvalue weighted by Gasteiger charge is 2.12. The van der Waals surface area contributed by atoms with Crippen molar-refractivity contribution in [3.05, 3.63) is 59.6 Å². The molecular weight excluding hydrogens is 364 g/mol. The molecule has 2 rings (SSSR count). The minimum Gasteiger partial charge on any atom is -0.493 e. The van der Waals surface area contributed by atoms with Crippen molar-refractivity contribution < 1.29 is 17.9 Å². The Balaban J connectivity index is 2.12. The second-order valence-corrected chi connectivity index (χ2v) is 7.10. The van der Waals surface area contributed by atoms with Crippen molar-refractivity contribution in [2.75, 3.05) is 19.0 Å². The van der Waals surface area contributed by atoms with E-state index >= 15 is 0 Å². The quantitative estimate of drug-likeness (QED) is 0.684. The van der Waals surface area contributed by atoms with Crippen LogP contribution in [0.4, 0.5) is 5.69 Å². The lowest BCUT2D eigenvalue weighted by molar-refractivity contribution is 0.326. The molecule has 6 nitrogen and oxygen atoms in total. The molecule has 0 fully saturated rings. The number of benzene rings is 2. The zero-order chi connectivity index (χ0) is 18.4. The molecule has 2 aromatic carbocycles. The van der Waals surface area contributed by atoms with Gasteiger partial charge in [-0.25, -0.2) is 13.6 Å². The number of primary sulfonamides is 1. The molecule has 0 bridgehead atoms. The summed E-state index contributed by atoms with van der Waals surface area (Å²) >= 11 is 6.25. The van der Waals surface area contributed by atoms with E-state index in [4.69, 9.17) is 26.2 Å². The van der Waals surface area contributed by atoms with E-state index in [0.717, 1.165) is 11.3 Å². The lowest BCUT2D eigenvalue weighted by Gasteiger charge is -2.14. The lowest BCUT2D eigenvalue weighted by atomic mass is 10.2. The van der Waals surface area contributed by atoms with Crippen LogP contribution in [0.3, 0.4) is 0 Å². The van der Waals surface area contributed by atoms with Gasteiger partial charge in [-0.3, -0.25) is 0 Å². The van der Waals surface area contributed by atoms with Crippen LogP contribution in [0.25, 0.3) is 0 Å². The van der Waals surface area contributed by atoms with Crippen LogP contribution in [0.1, 0.15) is 5.56 Å².